The zero-order valence-corrected chi connectivity index (χ0v) is 31.0. The van der Waals surface area contributed by atoms with Crippen LogP contribution in [0.2, 0.25) is 15.1 Å². The van der Waals surface area contributed by atoms with E-state index >= 15 is 0 Å². The molecule has 13 nitrogen and oxygen atoms in total. The average molecular weight is 732 g/mol. The van der Waals surface area contributed by atoms with Gasteiger partial charge in [0.1, 0.15) is 35.8 Å². The maximum atomic E-state index is 11.5. The molecule has 3 heterocycles. The molecule has 3 saturated heterocycles. The Balaban J connectivity index is 0.000000249. The Morgan fingerprint density at radius 1 is 0.957 bits per heavy atom. The van der Waals surface area contributed by atoms with Gasteiger partial charge in [-0.25, -0.2) is 9.59 Å². The number of hydrogen-bond acceptors (Lipinski definition) is 11. The van der Waals surface area contributed by atoms with Crippen LogP contribution in [-0.4, -0.2) is 83.1 Å². The van der Waals surface area contributed by atoms with E-state index in [0.29, 0.717) is 26.6 Å². The van der Waals surface area contributed by atoms with E-state index < -0.39 is 66.3 Å². The summed E-state index contributed by atoms with van der Waals surface area (Å²) in [5.74, 6) is -6.45. The zero-order chi connectivity index (χ0) is 34.6. The number of aliphatic carboxylic acids is 3. The topological polar surface area (TPSA) is 179 Å². The van der Waals surface area contributed by atoms with Crippen molar-refractivity contribution in [1.29, 1.82) is 0 Å². The van der Waals surface area contributed by atoms with Gasteiger partial charge < -0.3 is 53.3 Å². The Morgan fingerprint density at radius 2 is 1.55 bits per heavy atom. The molecule has 0 saturated carbocycles. The fourth-order valence-electron chi connectivity index (χ4n) is 4.53. The number of carbonyl (C=O) groups excluding carboxylic acids is 1. The van der Waals surface area contributed by atoms with Crippen LogP contribution in [0.1, 0.15) is 40.2 Å². The standard InChI is InChI=1S/C12H18O7.C10H11ClO3.C8H6Cl2O3.Na/c1-10(2)15-5-6-7(17-10)8-12(16-6,9(13)14)19-11(3,4)18-8;1-6-5-8(11)3-4-9(6)14-7(2)10(12)13;9-5-1-2-7(6(10)3-5)13-4-8(11)12;/h6-8H,5H2,1-4H3,(H,13,14);3-5,7H,1-2H3,(H,12,13);1-3H,4H2,(H,11,12);/q;;;+1/p-1/t6-,7+,8-,12+;;;/m0.../s1. The summed E-state index contributed by atoms with van der Waals surface area (Å²) in [6.07, 6.45) is -2.84. The first-order valence-electron chi connectivity index (χ1n) is 13.8. The fourth-order valence-corrected chi connectivity index (χ4v) is 5.22. The number of carbonyl (C=O) groups is 3. The summed E-state index contributed by atoms with van der Waals surface area (Å²) in [6.45, 7) is 9.86. The molecular weight excluding hydrogens is 698 g/mol. The molecule has 1 unspecified atom stereocenters. The summed E-state index contributed by atoms with van der Waals surface area (Å²) >= 11 is 17.1. The van der Waals surface area contributed by atoms with E-state index in [4.69, 9.17) is 78.2 Å². The first-order valence-corrected chi connectivity index (χ1v) is 14.9. The average Bonchev–Trinajstić information content (AvgIpc) is 3.38. The second kappa shape index (κ2) is 16.7. The Bertz CT molecular complexity index is 1440. The van der Waals surface area contributed by atoms with Gasteiger partial charge in [0.05, 0.1) is 11.6 Å². The third kappa shape index (κ3) is 11.1. The number of halogens is 3. The maximum Gasteiger partial charge on any atom is 1.00 e. The molecule has 0 aliphatic carbocycles. The van der Waals surface area contributed by atoms with Gasteiger partial charge in [-0.1, -0.05) is 34.8 Å². The van der Waals surface area contributed by atoms with E-state index in [-0.39, 0.29) is 36.2 Å². The number of ether oxygens (including phenoxy) is 7. The minimum Gasteiger partial charge on any atom is -0.544 e. The van der Waals surface area contributed by atoms with Crippen molar-refractivity contribution < 1.29 is 92.4 Å². The molecule has 17 heteroatoms. The van der Waals surface area contributed by atoms with Crippen LogP contribution in [0.5, 0.6) is 11.5 Å². The SMILES string of the molecule is CC1(C)OC[C@@H]2O[C@@]3(C(=O)[O-])OC(C)(C)O[C@H]3[C@@H]2O1.Cc1cc(Cl)ccc1OC(C)C(=O)O.O=C(O)COc1ccc(Cl)cc1Cl.[Na+]. The van der Waals surface area contributed by atoms with Gasteiger partial charge in [0.2, 0.25) is 5.79 Å². The predicted octanol–water partition coefficient (Wildman–Crippen LogP) is 1.10. The Kier molecular flexibility index (Phi) is 14.7. The van der Waals surface area contributed by atoms with E-state index in [9.17, 15) is 19.5 Å². The summed E-state index contributed by atoms with van der Waals surface area (Å²) in [5, 5.41) is 29.8. The third-order valence-corrected chi connectivity index (χ3v) is 7.27. The van der Waals surface area contributed by atoms with Crippen molar-refractivity contribution in [3.05, 3.63) is 57.0 Å². The summed E-state index contributed by atoms with van der Waals surface area (Å²) in [5.41, 5.74) is 0.825. The Hall–Kier alpha value is -1.88. The van der Waals surface area contributed by atoms with E-state index in [1.165, 1.54) is 19.1 Å². The van der Waals surface area contributed by atoms with Crippen LogP contribution in [0.4, 0.5) is 0 Å². The molecule has 3 fully saturated rings. The smallest absolute Gasteiger partial charge is 0.544 e. The first-order chi connectivity index (χ1) is 21.2. The van der Waals surface area contributed by atoms with Gasteiger partial charge in [0.15, 0.2) is 24.3 Å². The molecule has 5 rings (SSSR count). The van der Waals surface area contributed by atoms with Crippen molar-refractivity contribution in [1.82, 2.24) is 0 Å². The largest absolute Gasteiger partial charge is 1.00 e. The van der Waals surface area contributed by atoms with Crippen LogP contribution in [0.3, 0.4) is 0 Å². The summed E-state index contributed by atoms with van der Waals surface area (Å²) in [7, 11) is 0. The van der Waals surface area contributed by atoms with Crippen LogP contribution in [0.25, 0.3) is 0 Å². The first kappa shape index (κ1) is 41.3. The molecule has 5 atom stereocenters. The second-order valence-electron chi connectivity index (χ2n) is 11.2. The van der Waals surface area contributed by atoms with Gasteiger partial charge in [0.25, 0.3) is 0 Å². The van der Waals surface area contributed by atoms with Crippen molar-refractivity contribution in [3.8, 4) is 11.5 Å². The number of carboxylic acid groups (broad SMARTS) is 3. The molecule has 0 spiro atoms. The molecule has 2 N–H and O–H groups in total. The van der Waals surface area contributed by atoms with Crippen LogP contribution in [0, 0.1) is 6.92 Å². The quantitative estimate of drug-likeness (QED) is 0.387. The number of carboxylic acids is 3. The molecule has 3 aliphatic heterocycles. The van der Waals surface area contributed by atoms with Crippen molar-refractivity contribution in [2.45, 2.75) is 83.3 Å². The van der Waals surface area contributed by atoms with Gasteiger partial charge in [0, 0.05) is 10.0 Å². The van der Waals surface area contributed by atoms with Gasteiger partial charge in [-0.05, 0) is 83.5 Å². The van der Waals surface area contributed by atoms with Gasteiger partial charge in [-0.15, -0.1) is 0 Å². The van der Waals surface area contributed by atoms with Crippen molar-refractivity contribution in [2.75, 3.05) is 13.2 Å². The van der Waals surface area contributed by atoms with Crippen LogP contribution in [-0.2, 0) is 38.1 Å². The fraction of sp³-hybridized carbons (Fsp3) is 0.500. The second-order valence-corrected chi connectivity index (χ2v) is 12.5. The summed E-state index contributed by atoms with van der Waals surface area (Å²) in [6, 6.07) is 9.64. The number of fused-ring (bicyclic) bond motifs is 3. The van der Waals surface area contributed by atoms with Crippen LogP contribution < -0.4 is 44.1 Å². The monoisotopic (exact) mass is 730 g/mol. The summed E-state index contributed by atoms with van der Waals surface area (Å²) in [4.78, 5) is 32.1. The van der Waals surface area contributed by atoms with Gasteiger partial charge in [-0.2, -0.15) is 0 Å². The van der Waals surface area contributed by atoms with Gasteiger partial charge in [-0.3, -0.25) is 0 Å². The summed E-state index contributed by atoms with van der Waals surface area (Å²) < 4.78 is 37.9. The normalized spacial score (nSPS) is 25.2. The predicted molar refractivity (Wildman–Crippen MR) is 161 cm³/mol. The van der Waals surface area contributed by atoms with E-state index in [0.717, 1.165) is 5.56 Å². The van der Waals surface area contributed by atoms with E-state index in [1.807, 2.05) is 6.92 Å². The molecule has 0 bridgehead atoms. The zero-order valence-electron chi connectivity index (χ0n) is 26.7. The number of hydrogen-bond donors (Lipinski definition) is 2. The van der Waals surface area contributed by atoms with Crippen molar-refractivity contribution in [3.63, 3.8) is 0 Å². The molecule has 0 radical (unpaired) electrons. The maximum absolute atomic E-state index is 11.5. The van der Waals surface area contributed by atoms with Crippen LogP contribution in [0.15, 0.2) is 36.4 Å². The van der Waals surface area contributed by atoms with Crippen molar-refractivity contribution in [2.24, 2.45) is 0 Å². The van der Waals surface area contributed by atoms with Crippen molar-refractivity contribution >= 4 is 52.7 Å². The van der Waals surface area contributed by atoms with E-state index in [2.05, 4.69) is 0 Å². The Labute approximate surface area is 308 Å². The third-order valence-electron chi connectivity index (χ3n) is 6.51. The molecule has 2 aromatic rings. The number of aryl methyl sites for hydroxylation is 1. The molecule has 2 aromatic carbocycles. The molecule has 3 aliphatic rings. The Morgan fingerprint density at radius 3 is 2.09 bits per heavy atom. The minimum atomic E-state index is -1.93. The molecular formula is C30H34Cl3NaO13. The minimum absolute atomic E-state index is 0. The molecule has 254 valence electrons. The molecule has 0 amide bonds. The molecule has 0 aromatic heterocycles. The van der Waals surface area contributed by atoms with E-state index in [1.54, 1.807) is 52.0 Å². The number of benzene rings is 2. The number of rotatable bonds is 7. The molecule has 47 heavy (non-hydrogen) atoms. The van der Waals surface area contributed by atoms with Gasteiger partial charge >= 0.3 is 41.5 Å². The van der Waals surface area contributed by atoms with Crippen LogP contribution >= 0.6 is 34.8 Å².